The van der Waals surface area contributed by atoms with Gasteiger partial charge in [-0.25, -0.2) is 4.99 Å². The second-order valence-corrected chi connectivity index (χ2v) is 4.46. The molecule has 0 radical (unpaired) electrons. The van der Waals surface area contributed by atoms with Crippen molar-refractivity contribution in [2.24, 2.45) is 10.7 Å². The smallest absolute Gasteiger partial charge is 0.188 e. The van der Waals surface area contributed by atoms with Crippen LogP contribution in [0, 0.1) is 0 Å². The largest absolute Gasteiger partial charge is 0.370 e. The molecule has 1 heterocycles. The summed E-state index contributed by atoms with van der Waals surface area (Å²) < 4.78 is 0. The Labute approximate surface area is 98.6 Å². The molecule has 0 bridgehead atoms. The molecule has 4 nitrogen and oxygen atoms in total. The third-order valence-corrected chi connectivity index (χ3v) is 2.94. The van der Waals surface area contributed by atoms with Gasteiger partial charge in [0.15, 0.2) is 5.96 Å². The number of aliphatic imine (C=N–C) groups is 1. The lowest BCUT2D eigenvalue weighted by Crippen LogP contribution is -2.42. The van der Waals surface area contributed by atoms with Crippen molar-refractivity contribution in [2.75, 3.05) is 26.2 Å². The number of hydrogen-bond donors (Lipinski definition) is 2. The number of guanidine groups is 1. The highest BCUT2D eigenvalue weighted by Gasteiger charge is 2.22. The van der Waals surface area contributed by atoms with E-state index in [0.29, 0.717) is 18.5 Å². The lowest BCUT2D eigenvalue weighted by Gasteiger charge is -2.23. The standard InChI is InChI=1S/C12H24N4/c1-4-16-7-5-6-11(16)9-15-12(13)14-8-10(2)3/h11H,2,4-9H2,1,3H3,(H3,13,14,15). The van der Waals surface area contributed by atoms with Gasteiger partial charge in [0.25, 0.3) is 0 Å². The molecule has 0 aromatic carbocycles. The maximum atomic E-state index is 5.77. The van der Waals surface area contributed by atoms with Crippen molar-refractivity contribution in [2.45, 2.75) is 32.7 Å². The fourth-order valence-corrected chi connectivity index (χ4v) is 2.04. The van der Waals surface area contributed by atoms with Crippen LogP contribution in [0.1, 0.15) is 26.7 Å². The summed E-state index contributed by atoms with van der Waals surface area (Å²) in [5.41, 5.74) is 6.79. The SMILES string of the molecule is C=C(C)CN=C(N)NCC1CCCN1CC. The quantitative estimate of drug-likeness (QED) is 0.415. The molecule has 0 aromatic heterocycles. The molecule has 92 valence electrons. The number of nitrogens with one attached hydrogen (secondary N) is 1. The summed E-state index contributed by atoms with van der Waals surface area (Å²) in [5.74, 6) is 0.533. The molecule has 0 aliphatic carbocycles. The number of likely N-dealkylation sites (tertiary alicyclic amines) is 1. The molecular weight excluding hydrogens is 200 g/mol. The maximum Gasteiger partial charge on any atom is 0.188 e. The van der Waals surface area contributed by atoms with Gasteiger partial charge in [-0.15, -0.1) is 0 Å². The second kappa shape index (κ2) is 6.53. The van der Waals surface area contributed by atoms with Gasteiger partial charge in [-0.2, -0.15) is 0 Å². The van der Waals surface area contributed by atoms with Crippen LogP contribution in [0.2, 0.25) is 0 Å². The Balaban J connectivity index is 2.28. The molecule has 16 heavy (non-hydrogen) atoms. The normalized spacial score (nSPS) is 22.4. The zero-order chi connectivity index (χ0) is 12.0. The van der Waals surface area contributed by atoms with E-state index in [1.165, 1.54) is 19.4 Å². The van der Waals surface area contributed by atoms with Gasteiger partial charge in [-0.3, -0.25) is 4.90 Å². The van der Waals surface area contributed by atoms with Gasteiger partial charge >= 0.3 is 0 Å². The van der Waals surface area contributed by atoms with Crippen LogP contribution < -0.4 is 11.1 Å². The minimum atomic E-state index is 0.533. The Morgan fingerprint density at radius 3 is 3.00 bits per heavy atom. The van der Waals surface area contributed by atoms with E-state index in [0.717, 1.165) is 18.7 Å². The second-order valence-electron chi connectivity index (χ2n) is 4.46. The van der Waals surface area contributed by atoms with Gasteiger partial charge in [-0.05, 0) is 32.9 Å². The fourth-order valence-electron chi connectivity index (χ4n) is 2.04. The molecule has 1 aliphatic rings. The van der Waals surface area contributed by atoms with Crippen LogP contribution in [0.15, 0.2) is 17.1 Å². The zero-order valence-electron chi connectivity index (χ0n) is 10.5. The maximum absolute atomic E-state index is 5.77. The van der Waals surface area contributed by atoms with E-state index >= 15 is 0 Å². The molecule has 0 amide bonds. The minimum Gasteiger partial charge on any atom is -0.370 e. The third-order valence-electron chi connectivity index (χ3n) is 2.94. The van der Waals surface area contributed by atoms with E-state index in [-0.39, 0.29) is 0 Å². The molecule has 1 rings (SSSR count). The average Bonchev–Trinajstić information content (AvgIpc) is 2.70. The van der Waals surface area contributed by atoms with Gasteiger partial charge in [0.05, 0.1) is 6.54 Å². The van der Waals surface area contributed by atoms with E-state index in [1.807, 2.05) is 6.92 Å². The first-order valence-corrected chi connectivity index (χ1v) is 6.05. The summed E-state index contributed by atoms with van der Waals surface area (Å²) in [6.07, 6.45) is 2.55. The van der Waals surface area contributed by atoms with E-state index in [4.69, 9.17) is 5.73 Å². The van der Waals surface area contributed by atoms with Gasteiger partial charge in [-0.1, -0.05) is 19.1 Å². The summed E-state index contributed by atoms with van der Waals surface area (Å²) in [5, 5.41) is 3.19. The van der Waals surface area contributed by atoms with Crippen molar-refractivity contribution in [3.05, 3.63) is 12.2 Å². The summed E-state index contributed by atoms with van der Waals surface area (Å²) in [4.78, 5) is 6.69. The van der Waals surface area contributed by atoms with Crippen molar-refractivity contribution in [3.8, 4) is 0 Å². The van der Waals surface area contributed by atoms with Crippen LogP contribution >= 0.6 is 0 Å². The van der Waals surface area contributed by atoms with E-state index in [1.54, 1.807) is 0 Å². The Morgan fingerprint density at radius 2 is 2.38 bits per heavy atom. The van der Waals surface area contributed by atoms with Crippen LogP contribution in [0.4, 0.5) is 0 Å². The molecule has 3 N–H and O–H groups in total. The minimum absolute atomic E-state index is 0.533. The molecule has 1 saturated heterocycles. The predicted octanol–water partition coefficient (Wildman–Crippen LogP) is 0.951. The molecule has 0 aromatic rings. The monoisotopic (exact) mass is 224 g/mol. The molecule has 1 fully saturated rings. The van der Waals surface area contributed by atoms with Crippen LogP contribution in [0.3, 0.4) is 0 Å². The summed E-state index contributed by atoms with van der Waals surface area (Å²) in [7, 11) is 0. The first-order chi connectivity index (χ1) is 7.63. The van der Waals surface area contributed by atoms with Crippen molar-refractivity contribution >= 4 is 5.96 Å². The Morgan fingerprint density at radius 1 is 1.62 bits per heavy atom. The zero-order valence-corrected chi connectivity index (χ0v) is 10.5. The first-order valence-electron chi connectivity index (χ1n) is 6.05. The highest BCUT2D eigenvalue weighted by Crippen LogP contribution is 2.15. The number of likely N-dealkylation sites (N-methyl/N-ethyl adjacent to an activating group) is 1. The molecule has 1 unspecified atom stereocenters. The predicted molar refractivity (Wildman–Crippen MR) is 69.6 cm³/mol. The fraction of sp³-hybridized carbons (Fsp3) is 0.750. The third kappa shape index (κ3) is 4.23. The Kier molecular flexibility index (Phi) is 5.32. The van der Waals surface area contributed by atoms with Crippen LogP contribution in [0.25, 0.3) is 0 Å². The summed E-state index contributed by atoms with van der Waals surface area (Å²) in [6.45, 7) is 11.8. The van der Waals surface area contributed by atoms with E-state index in [9.17, 15) is 0 Å². The number of hydrogen-bond acceptors (Lipinski definition) is 2. The Bertz CT molecular complexity index is 260. The first kappa shape index (κ1) is 13.0. The van der Waals surface area contributed by atoms with Gasteiger partial charge < -0.3 is 11.1 Å². The van der Waals surface area contributed by atoms with Gasteiger partial charge in [0, 0.05) is 12.6 Å². The van der Waals surface area contributed by atoms with E-state index in [2.05, 4.69) is 28.7 Å². The Hall–Kier alpha value is -1.03. The molecule has 1 aliphatic heterocycles. The number of rotatable bonds is 5. The van der Waals surface area contributed by atoms with E-state index < -0.39 is 0 Å². The highest BCUT2D eigenvalue weighted by molar-refractivity contribution is 5.77. The lowest BCUT2D eigenvalue weighted by molar-refractivity contribution is 0.267. The van der Waals surface area contributed by atoms with Crippen molar-refractivity contribution < 1.29 is 0 Å². The topological polar surface area (TPSA) is 53.6 Å². The molecular formula is C12H24N4. The van der Waals surface area contributed by atoms with Crippen LogP contribution in [-0.2, 0) is 0 Å². The molecule has 0 saturated carbocycles. The van der Waals surface area contributed by atoms with Gasteiger partial charge in [0.1, 0.15) is 0 Å². The van der Waals surface area contributed by atoms with Crippen molar-refractivity contribution in [1.82, 2.24) is 10.2 Å². The number of nitrogens with two attached hydrogens (primary N) is 1. The molecule has 1 atom stereocenters. The number of nitrogens with zero attached hydrogens (tertiary/aromatic N) is 2. The molecule has 4 heteroatoms. The van der Waals surface area contributed by atoms with Crippen LogP contribution in [0.5, 0.6) is 0 Å². The van der Waals surface area contributed by atoms with Gasteiger partial charge in [0.2, 0.25) is 0 Å². The summed E-state index contributed by atoms with van der Waals surface area (Å²) in [6, 6.07) is 0.614. The molecule has 0 spiro atoms. The summed E-state index contributed by atoms with van der Waals surface area (Å²) >= 11 is 0. The lowest BCUT2D eigenvalue weighted by atomic mass is 10.2. The van der Waals surface area contributed by atoms with Crippen molar-refractivity contribution in [3.63, 3.8) is 0 Å². The highest BCUT2D eigenvalue weighted by atomic mass is 15.2. The average molecular weight is 224 g/mol. The van der Waals surface area contributed by atoms with Crippen LogP contribution in [-0.4, -0.2) is 43.1 Å². The van der Waals surface area contributed by atoms with Crippen molar-refractivity contribution in [1.29, 1.82) is 0 Å².